The molecule has 0 saturated carbocycles. The molecule has 0 aliphatic carbocycles. The minimum atomic E-state index is 0.364. The molecule has 92 valence electrons. The zero-order chi connectivity index (χ0) is 11.2. The molecule has 0 unspecified atom stereocenters. The van der Waals surface area contributed by atoms with E-state index in [0.29, 0.717) is 6.61 Å². The monoisotopic (exact) mass is 215 g/mol. The molecule has 0 aromatic heterocycles. The van der Waals surface area contributed by atoms with E-state index >= 15 is 0 Å². The lowest BCUT2D eigenvalue weighted by Crippen LogP contribution is -2.15. The highest BCUT2D eigenvalue weighted by Gasteiger charge is 1.91. The van der Waals surface area contributed by atoms with E-state index in [1.165, 1.54) is 64.5 Å². The molecule has 0 aliphatic heterocycles. The molecule has 0 rings (SSSR count). The van der Waals surface area contributed by atoms with Crippen LogP contribution in [0.25, 0.3) is 0 Å². The maximum absolute atomic E-state index is 8.60. The van der Waals surface area contributed by atoms with Crippen LogP contribution in [0.5, 0.6) is 0 Å². The van der Waals surface area contributed by atoms with Gasteiger partial charge in [0.05, 0.1) is 0 Å². The lowest BCUT2D eigenvalue weighted by atomic mass is 10.1. The van der Waals surface area contributed by atoms with Crippen molar-refractivity contribution in [2.75, 3.05) is 19.7 Å². The summed E-state index contributed by atoms with van der Waals surface area (Å²) in [5.74, 6) is 0. The number of hydrogen-bond donors (Lipinski definition) is 2. The van der Waals surface area contributed by atoms with Crippen molar-refractivity contribution in [3.63, 3.8) is 0 Å². The molecule has 0 spiro atoms. The molecule has 2 heteroatoms. The van der Waals surface area contributed by atoms with Crippen LogP contribution in [0.4, 0.5) is 0 Å². The Kier molecular flexibility index (Phi) is 13.8. The van der Waals surface area contributed by atoms with Crippen LogP contribution in [0.2, 0.25) is 0 Å². The quantitative estimate of drug-likeness (QED) is 0.490. The number of aliphatic hydroxyl groups is 1. The van der Waals surface area contributed by atoms with Crippen LogP contribution in [0.1, 0.15) is 64.7 Å². The van der Waals surface area contributed by atoms with E-state index in [1.54, 1.807) is 0 Å². The lowest BCUT2D eigenvalue weighted by molar-refractivity contribution is 0.282. The van der Waals surface area contributed by atoms with Crippen molar-refractivity contribution in [2.45, 2.75) is 64.7 Å². The van der Waals surface area contributed by atoms with Gasteiger partial charge in [0.25, 0.3) is 0 Å². The fraction of sp³-hybridized carbons (Fsp3) is 1.00. The molecule has 2 nitrogen and oxygen atoms in total. The molecule has 0 fully saturated rings. The third-order valence-electron chi connectivity index (χ3n) is 2.69. The zero-order valence-electron chi connectivity index (χ0n) is 10.4. The van der Waals surface area contributed by atoms with Crippen molar-refractivity contribution in [2.24, 2.45) is 0 Å². The Morgan fingerprint density at radius 3 is 1.80 bits per heavy atom. The second-order valence-corrected chi connectivity index (χ2v) is 4.30. The topological polar surface area (TPSA) is 32.3 Å². The fourth-order valence-corrected chi connectivity index (χ4v) is 1.72. The van der Waals surface area contributed by atoms with Crippen LogP contribution in [0.15, 0.2) is 0 Å². The summed E-state index contributed by atoms with van der Waals surface area (Å²) in [6.45, 7) is 4.93. The average molecular weight is 215 g/mol. The molecule has 0 amide bonds. The van der Waals surface area contributed by atoms with Gasteiger partial charge in [-0.3, -0.25) is 0 Å². The van der Waals surface area contributed by atoms with E-state index in [-0.39, 0.29) is 0 Å². The van der Waals surface area contributed by atoms with Crippen LogP contribution < -0.4 is 5.32 Å². The van der Waals surface area contributed by atoms with Gasteiger partial charge in [-0.1, -0.05) is 45.4 Å². The normalized spacial score (nSPS) is 10.8. The highest BCUT2D eigenvalue weighted by molar-refractivity contribution is 4.49. The molecular formula is C13H29NO. The van der Waals surface area contributed by atoms with E-state index in [4.69, 9.17) is 5.11 Å². The van der Waals surface area contributed by atoms with Gasteiger partial charge in [-0.15, -0.1) is 0 Å². The average Bonchev–Trinajstić information content (AvgIpc) is 2.26. The van der Waals surface area contributed by atoms with Crippen LogP contribution >= 0.6 is 0 Å². The molecular weight excluding hydrogens is 186 g/mol. The molecule has 0 heterocycles. The summed E-state index contributed by atoms with van der Waals surface area (Å²) in [6, 6.07) is 0. The number of unbranched alkanes of at least 4 members (excludes halogenated alkanes) is 7. The Bertz CT molecular complexity index is 94.7. The molecule has 0 saturated heterocycles. The number of hydrogen-bond acceptors (Lipinski definition) is 2. The molecule has 0 aromatic carbocycles. The molecule has 0 aromatic rings. The second kappa shape index (κ2) is 13.9. The second-order valence-electron chi connectivity index (χ2n) is 4.30. The first kappa shape index (κ1) is 14.9. The van der Waals surface area contributed by atoms with Gasteiger partial charge in [-0.25, -0.2) is 0 Å². The highest BCUT2D eigenvalue weighted by Crippen LogP contribution is 2.07. The fourth-order valence-electron chi connectivity index (χ4n) is 1.72. The number of aliphatic hydroxyl groups excluding tert-OH is 1. The molecule has 15 heavy (non-hydrogen) atoms. The summed E-state index contributed by atoms with van der Waals surface area (Å²) in [5.41, 5.74) is 0. The third kappa shape index (κ3) is 13.9. The Morgan fingerprint density at radius 2 is 1.27 bits per heavy atom. The third-order valence-corrected chi connectivity index (χ3v) is 2.69. The van der Waals surface area contributed by atoms with Crippen molar-refractivity contribution in [1.82, 2.24) is 5.32 Å². The van der Waals surface area contributed by atoms with Crippen molar-refractivity contribution in [3.05, 3.63) is 0 Å². The Hall–Kier alpha value is -0.0800. The van der Waals surface area contributed by atoms with E-state index in [0.717, 1.165) is 6.42 Å². The SMILES string of the molecule is CCCNCCCCCCCCCCO. The first-order valence-corrected chi connectivity index (χ1v) is 6.73. The van der Waals surface area contributed by atoms with Gasteiger partial charge in [0.15, 0.2) is 0 Å². The van der Waals surface area contributed by atoms with Gasteiger partial charge >= 0.3 is 0 Å². The summed E-state index contributed by atoms with van der Waals surface area (Å²) in [5, 5.41) is 12.0. The Labute approximate surface area is 95.5 Å². The van der Waals surface area contributed by atoms with Gasteiger partial charge < -0.3 is 10.4 Å². The largest absolute Gasteiger partial charge is 0.396 e. The molecule has 0 bridgehead atoms. The van der Waals surface area contributed by atoms with Gasteiger partial charge in [0, 0.05) is 6.61 Å². The maximum Gasteiger partial charge on any atom is 0.0431 e. The number of rotatable bonds is 12. The van der Waals surface area contributed by atoms with E-state index in [2.05, 4.69) is 12.2 Å². The van der Waals surface area contributed by atoms with Crippen molar-refractivity contribution < 1.29 is 5.11 Å². The van der Waals surface area contributed by atoms with Crippen LogP contribution in [-0.4, -0.2) is 24.8 Å². The first-order chi connectivity index (χ1) is 7.41. The zero-order valence-corrected chi connectivity index (χ0v) is 10.4. The first-order valence-electron chi connectivity index (χ1n) is 6.73. The summed E-state index contributed by atoms with van der Waals surface area (Å²) < 4.78 is 0. The van der Waals surface area contributed by atoms with E-state index in [9.17, 15) is 0 Å². The van der Waals surface area contributed by atoms with Crippen LogP contribution in [-0.2, 0) is 0 Å². The van der Waals surface area contributed by atoms with Gasteiger partial charge in [-0.05, 0) is 32.4 Å². The molecule has 2 N–H and O–H groups in total. The van der Waals surface area contributed by atoms with Gasteiger partial charge in [-0.2, -0.15) is 0 Å². The summed E-state index contributed by atoms with van der Waals surface area (Å²) in [6.07, 6.45) is 11.5. The Morgan fingerprint density at radius 1 is 0.733 bits per heavy atom. The summed E-state index contributed by atoms with van der Waals surface area (Å²) in [4.78, 5) is 0. The summed E-state index contributed by atoms with van der Waals surface area (Å²) >= 11 is 0. The predicted molar refractivity (Wildman–Crippen MR) is 67.2 cm³/mol. The van der Waals surface area contributed by atoms with Crippen LogP contribution in [0, 0.1) is 0 Å². The van der Waals surface area contributed by atoms with Gasteiger partial charge in [0.1, 0.15) is 0 Å². The molecule has 0 atom stereocenters. The predicted octanol–water partition coefficient (Wildman–Crippen LogP) is 3.10. The maximum atomic E-state index is 8.60. The number of nitrogens with one attached hydrogen (secondary N) is 1. The molecule has 0 aliphatic rings. The highest BCUT2D eigenvalue weighted by atomic mass is 16.2. The molecule has 0 radical (unpaired) electrons. The van der Waals surface area contributed by atoms with E-state index < -0.39 is 0 Å². The smallest absolute Gasteiger partial charge is 0.0431 e. The lowest BCUT2D eigenvalue weighted by Gasteiger charge is -2.03. The van der Waals surface area contributed by atoms with E-state index in [1.807, 2.05) is 0 Å². The standard InChI is InChI=1S/C13H29NO/c1-2-11-14-12-9-7-5-3-4-6-8-10-13-15/h14-15H,2-13H2,1H3. The van der Waals surface area contributed by atoms with Crippen molar-refractivity contribution >= 4 is 0 Å². The van der Waals surface area contributed by atoms with Crippen molar-refractivity contribution in [3.8, 4) is 0 Å². The Balaban J connectivity index is 2.81. The van der Waals surface area contributed by atoms with Crippen molar-refractivity contribution in [1.29, 1.82) is 0 Å². The minimum absolute atomic E-state index is 0.364. The minimum Gasteiger partial charge on any atom is -0.396 e. The summed E-state index contributed by atoms with van der Waals surface area (Å²) in [7, 11) is 0. The van der Waals surface area contributed by atoms with Crippen LogP contribution in [0.3, 0.4) is 0 Å². The van der Waals surface area contributed by atoms with Gasteiger partial charge in [0.2, 0.25) is 0 Å².